The van der Waals surface area contributed by atoms with E-state index in [1.165, 1.54) is 0 Å². The quantitative estimate of drug-likeness (QED) is 0.864. The lowest BCUT2D eigenvalue weighted by atomic mass is 9.90. The van der Waals surface area contributed by atoms with Crippen LogP contribution in [0.4, 0.5) is 5.69 Å². The highest BCUT2D eigenvalue weighted by Crippen LogP contribution is 2.35. The summed E-state index contributed by atoms with van der Waals surface area (Å²) in [5.74, 6) is 0.168. The summed E-state index contributed by atoms with van der Waals surface area (Å²) in [6.45, 7) is 4.71. The summed E-state index contributed by atoms with van der Waals surface area (Å²) in [6.07, 6.45) is 1.87. The second-order valence-electron chi connectivity index (χ2n) is 5.29. The first kappa shape index (κ1) is 15.7. The van der Waals surface area contributed by atoms with E-state index >= 15 is 0 Å². The number of aliphatic carboxylic acids is 1. The molecule has 5 heteroatoms. The molecule has 1 heterocycles. The van der Waals surface area contributed by atoms with Crippen LogP contribution in [0.3, 0.4) is 0 Å². The van der Waals surface area contributed by atoms with Crippen LogP contribution in [0, 0.1) is 17.2 Å². The lowest BCUT2D eigenvalue weighted by molar-refractivity contribution is -0.140. The lowest BCUT2D eigenvalue weighted by Gasteiger charge is -2.39. The van der Waals surface area contributed by atoms with Crippen LogP contribution in [-0.2, 0) is 4.79 Å². The van der Waals surface area contributed by atoms with Gasteiger partial charge in [0, 0.05) is 11.4 Å². The van der Waals surface area contributed by atoms with Gasteiger partial charge in [-0.1, -0.05) is 19.9 Å². The van der Waals surface area contributed by atoms with Gasteiger partial charge in [-0.2, -0.15) is 5.26 Å². The van der Waals surface area contributed by atoms with Gasteiger partial charge in [-0.3, -0.25) is 0 Å². The molecule has 0 spiro atoms. The van der Waals surface area contributed by atoms with Crippen molar-refractivity contribution >= 4 is 23.4 Å². The minimum Gasteiger partial charge on any atom is -0.480 e. The highest BCUT2D eigenvalue weighted by Gasteiger charge is 2.35. The Kier molecular flexibility index (Phi) is 5.13. The van der Waals surface area contributed by atoms with Gasteiger partial charge in [-0.15, -0.1) is 11.8 Å². The minimum absolute atomic E-state index is 0.0882. The van der Waals surface area contributed by atoms with Gasteiger partial charge in [0.2, 0.25) is 0 Å². The zero-order valence-corrected chi connectivity index (χ0v) is 13.2. The van der Waals surface area contributed by atoms with Crippen LogP contribution < -0.4 is 4.90 Å². The lowest BCUT2D eigenvalue weighted by Crippen LogP contribution is -2.49. The molecule has 4 nitrogen and oxygen atoms in total. The molecule has 2 atom stereocenters. The molecule has 1 N–H and O–H groups in total. The Hall–Kier alpha value is -1.67. The van der Waals surface area contributed by atoms with Crippen LogP contribution in [0.15, 0.2) is 23.1 Å². The van der Waals surface area contributed by atoms with Crippen molar-refractivity contribution in [3.05, 3.63) is 23.8 Å². The summed E-state index contributed by atoms with van der Waals surface area (Å²) in [6, 6.07) is 7.42. The number of anilines is 1. The SMILES string of the molecule is CCSc1cccc(N2CCCC(C)C2C(=O)O)c1C#N. The van der Waals surface area contributed by atoms with Crippen LogP contribution in [0.1, 0.15) is 32.3 Å². The molecule has 0 radical (unpaired) electrons. The number of nitriles is 1. The number of piperidine rings is 1. The maximum absolute atomic E-state index is 11.6. The molecule has 0 amide bonds. The summed E-state index contributed by atoms with van der Waals surface area (Å²) in [5, 5.41) is 19.1. The molecule has 0 saturated carbocycles. The van der Waals surface area contributed by atoms with Gasteiger partial charge < -0.3 is 10.0 Å². The summed E-state index contributed by atoms with van der Waals surface area (Å²) in [4.78, 5) is 14.5. The minimum atomic E-state index is -0.806. The van der Waals surface area contributed by atoms with Gasteiger partial charge in [0.15, 0.2) is 0 Å². The van der Waals surface area contributed by atoms with Crippen molar-refractivity contribution in [2.75, 3.05) is 17.2 Å². The maximum Gasteiger partial charge on any atom is 0.326 e. The Morgan fingerprint density at radius 2 is 2.33 bits per heavy atom. The van der Waals surface area contributed by atoms with Crippen molar-refractivity contribution in [1.82, 2.24) is 0 Å². The number of carbonyl (C=O) groups is 1. The predicted molar refractivity (Wildman–Crippen MR) is 84.7 cm³/mol. The van der Waals surface area contributed by atoms with Crippen LogP contribution in [-0.4, -0.2) is 29.4 Å². The number of thioether (sulfide) groups is 1. The normalized spacial score (nSPS) is 21.9. The third-order valence-corrected chi connectivity index (χ3v) is 4.85. The van der Waals surface area contributed by atoms with Gasteiger partial charge in [0.1, 0.15) is 12.1 Å². The Labute approximate surface area is 129 Å². The monoisotopic (exact) mass is 304 g/mol. The van der Waals surface area contributed by atoms with Gasteiger partial charge in [0.05, 0.1) is 11.3 Å². The van der Waals surface area contributed by atoms with Gasteiger partial charge >= 0.3 is 5.97 Å². The van der Waals surface area contributed by atoms with E-state index in [-0.39, 0.29) is 5.92 Å². The fourth-order valence-electron chi connectivity index (χ4n) is 2.98. The van der Waals surface area contributed by atoms with Crippen LogP contribution in [0.2, 0.25) is 0 Å². The van der Waals surface area contributed by atoms with Crippen LogP contribution in [0.5, 0.6) is 0 Å². The Morgan fingerprint density at radius 1 is 1.57 bits per heavy atom. The number of hydrogen-bond acceptors (Lipinski definition) is 4. The largest absolute Gasteiger partial charge is 0.480 e. The number of carboxylic acid groups (broad SMARTS) is 1. The van der Waals surface area contributed by atoms with Crippen molar-refractivity contribution in [3.8, 4) is 6.07 Å². The van der Waals surface area contributed by atoms with Crippen molar-refractivity contribution in [2.24, 2.45) is 5.92 Å². The Bertz CT molecular complexity index is 568. The van der Waals surface area contributed by atoms with Crippen molar-refractivity contribution in [2.45, 2.75) is 37.6 Å². The fourth-order valence-corrected chi connectivity index (χ4v) is 3.76. The number of hydrogen-bond donors (Lipinski definition) is 1. The first-order valence-corrected chi connectivity index (χ1v) is 8.24. The van der Waals surface area contributed by atoms with E-state index in [0.717, 1.165) is 29.2 Å². The summed E-state index contributed by atoms with van der Waals surface area (Å²) in [5.41, 5.74) is 1.36. The van der Waals surface area contributed by atoms with E-state index in [0.29, 0.717) is 12.1 Å². The van der Waals surface area contributed by atoms with Gasteiger partial charge in [0.25, 0.3) is 0 Å². The van der Waals surface area contributed by atoms with E-state index in [4.69, 9.17) is 0 Å². The van der Waals surface area contributed by atoms with E-state index in [9.17, 15) is 15.2 Å². The molecule has 1 aromatic rings. The molecule has 0 aliphatic carbocycles. The molecule has 1 saturated heterocycles. The zero-order valence-electron chi connectivity index (χ0n) is 12.4. The number of carboxylic acids is 1. The Morgan fingerprint density at radius 3 is 2.95 bits per heavy atom. The third kappa shape index (κ3) is 3.16. The van der Waals surface area contributed by atoms with Crippen molar-refractivity contribution < 1.29 is 9.90 Å². The molecule has 1 fully saturated rings. The fraction of sp³-hybridized carbons (Fsp3) is 0.500. The van der Waals surface area contributed by atoms with Gasteiger partial charge in [-0.25, -0.2) is 4.79 Å². The van der Waals surface area contributed by atoms with Crippen LogP contribution >= 0.6 is 11.8 Å². The molecule has 2 rings (SSSR count). The second kappa shape index (κ2) is 6.86. The van der Waals surface area contributed by atoms with E-state index < -0.39 is 12.0 Å². The maximum atomic E-state index is 11.6. The average molecular weight is 304 g/mol. The molecular weight excluding hydrogens is 284 g/mol. The summed E-state index contributed by atoms with van der Waals surface area (Å²) >= 11 is 1.62. The van der Waals surface area contributed by atoms with Gasteiger partial charge in [-0.05, 0) is 36.6 Å². The Balaban J connectivity index is 2.46. The molecule has 21 heavy (non-hydrogen) atoms. The molecule has 0 aromatic heterocycles. The number of rotatable bonds is 4. The van der Waals surface area contributed by atoms with E-state index in [1.807, 2.05) is 36.9 Å². The predicted octanol–water partition coefficient (Wildman–Crippen LogP) is 3.36. The zero-order chi connectivity index (χ0) is 15.4. The average Bonchev–Trinajstić information content (AvgIpc) is 2.46. The number of nitrogens with zero attached hydrogens (tertiary/aromatic N) is 2. The van der Waals surface area contributed by atoms with Crippen LogP contribution in [0.25, 0.3) is 0 Å². The topological polar surface area (TPSA) is 64.3 Å². The molecule has 1 aliphatic heterocycles. The highest BCUT2D eigenvalue weighted by atomic mass is 32.2. The smallest absolute Gasteiger partial charge is 0.326 e. The summed E-state index contributed by atoms with van der Waals surface area (Å²) in [7, 11) is 0. The molecule has 1 aromatic carbocycles. The molecule has 0 bridgehead atoms. The van der Waals surface area contributed by atoms with E-state index in [2.05, 4.69) is 6.07 Å². The highest BCUT2D eigenvalue weighted by molar-refractivity contribution is 7.99. The second-order valence-corrected chi connectivity index (χ2v) is 6.60. The first-order chi connectivity index (χ1) is 10.1. The molecule has 2 unspecified atom stereocenters. The first-order valence-electron chi connectivity index (χ1n) is 7.25. The number of benzene rings is 1. The van der Waals surface area contributed by atoms with Crippen molar-refractivity contribution in [3.63, 3.8) is 0 Å². The standard InChI is InChI=1S/C16H20N2O2S/c1-3-21-14-8-4-7-13(12(14)10-17)18-9-5-6-11(2)15(18)16(19)20/h4,7-8,11,15H,3,5-6,9H2,1-2H3,(H,19,20). The third-order valence-electron chi connectivity index (χ3n) is 3.91. The summed E-state index contributed by atoms with van der Waals surface area (Å²) < 4.78 is 0. The molecular formula is C16H20N2O2S. The van der Waals surface area contributed by atoms with E-state index in [1.54, 1.807) is 11.8 Å². The molecule has 112 valence electrons. The molecule has 1 aliphatic rings. The van der Waals surface area contributed by atoms with Crippen molar-refractivity contribution in [1.29, 1.82) is 5.26 Å².